The predicted molar refractivity (Wildman–Crippen MR) is 67.9 cm³/mol. The van der Waals surface area contributed by atoms with E-state index in [2.05, 4.69) is 16.0 Å². The molecule has 4 heteroatoms. The van der Waals surface area contributed by atoms with Gasteiger partial charge in [0.15, 0.2) is 0 Å². The molecule has 1 aromatic rings. The van der Waals surface area contributed by atoms with Gasteiger partial charge in [-0.2, -0.15) is 0 Å². The fourth-order valence-electron chi connectivity index (χ4n) is 2.92. The van der Waals surface area contributed by atoms with Crippen LogP contribution in [0.3, 0.4) is 0 Å². The molecule has 0 radical (unpaired) electrons. The van der Waals surface area contributed by atoms with Crippen molar-refractivity contribution < 1.29 is 0 Å². The number of hydrogen-bond donors (Lipinski definition) is 1. The normalized spacial score (nSPS) is 30.8. The van der Waals surface area contributed by atoms with Gasteiger partial charge in [-0.25, -0.2) is 0 Å². The molecule has 3 atom stereocenters. The summed E-state index contributed by atoms with van der Waals surface area (Å²) in [6, 6.07) is 5.62. The van der Waals surface area contributed by atoms with Crippen molar-refractivity contribution in [2.45, 2.75) is 31.3 Å². The van der Waals surface area contributed by atoms with Crippen molar-refractivity contribution >= 4 is 18.1 Å². The van der Waals surface area contributed by atoms with Crippen LogP contribution in [0.4, 0.5) is 5.69 Å². The Morgan fingerprint density at radius 2 is 2.31 bits per heavy atom. The molecule has 0 aromatic carbocycles. The van der Waals surface area contributed by atoms with Crippen molar-refractivity contribution in [3.05, 3.63) is 24.5 Å². The van der Waals surface area contributed by atoms with E-state index in [1.807, 2.05) is 18.5 Å². The Balaban J connectivity index is 0.000000963. The summed E-state index contributed by atoms with van der Waals surface area (Å²) in [5, 5.41) is 0. The minimum atomic E-state index is 0. The SMILES string of the molecule is Cl.NCCC1CC2CC2N1c1cccnc1. The lowest BCUT2D eigenvalue weighted by atomic mass is 10.1. The first-order valence-corrected chi connectivity index (χ1v) is 5.78. The highest BCUT2D eigenvalue weighted by Crippen LogP contribution is 2.50. The number of fused-ring (bicyclic) bond motifs is 1. The van der Waals surface area contributed by atoms with Crippen molar-refractivity contribution in [1.82, 2.24) is 4.98 Å². The molecule has 2 N–H and O–H groups in total. The van der Waals surface area contributed by atoms with Crippen LogP contribution < -0.4 is 10.6 Å². The first kappa shape index (κ1) is 11.7. The molecular weight excluding hydrogens is 222 g/mol. The molecule has 0 spiro atoms. The highest BCUT2D eigenvalue weighted by molar-refractivity contribution is 5.85. The number of halogens is 1. The third-order valence-electron chi connectivity index (χ3n) is 3.65. The second-order valence-electron chi connectivity index (χ2n) is 4.65. The minimum absolute atomic E-state index is 0. The van der Waals surface area contributed by atoms with Crippen LogP contribution in [0.25, 0.3) is 0 Å². The van der Waals surface area contributed by atoms with Gasteiger partial charge in [-0.15, -0.1) is 12.4 Å². The van der Waals surface area contributed by atoms with Crippen LogP contribution in [0.15, 0.2) is 24.5 Å². The number of anilines is 1. The number of hydrogen-bond acceptors (Lipinski definition) is 3. The van der Waals surface area contributed by atoms with E-state index in [-0.39, 0.29) is 12.4 Å². The molecule has 3 nitrogen and oxygen atoms in total. The third-order valence-corrected chi connectivity index (χ3v) is 3.65. The first-order chi connectivity index (χ1) is 7.40. The summed E-state index contributed by atoms with van der Waals surface area (Å²) in [7, 11) is 0. The monoisotopic (exact) mass is 239 g/mol. The largest absolute Gasteiger partial charge is 0.364 e. The van der Waals surface area contributed by atoms with Crippen LogP contribution in [0.2, 0.25) is 0 Å². The molecule has 2 heterocycles. The van der Waals surface area contributed by atoms with Gasteiger partial charge in [0.2, 0.25) is 0 Å². The van der Waals surface area contributed by atoms with Crippen molar-refractivity contribution in [3.63, 3.8) is 0 Å². The molecule has 2 fully saturated rings. The summed E-state index contributed by atoms with van der Waals surface area (Å²) in [6.07, 6.45) is 7.63. The lowest BCUT2D eigenvalue weighted by molar-refractivity contribution is 0.563. The molecule has 3 rings (SSSR count). The van der Waals surface area contributed by atoms with Gasteiger partial charge in [0, 0.05) is 18.3 Å². The summed E-state index contributed by atoms with van der Waals surface area (Å²) >= 11 is 0. The maximum absolute atomic E-state index is 5.67. The van der Waals surface area contributed by atoms with E-state index in [1.54, 1.807) is 0 Å². The molecule has 1 saturated heterocycles. The van der Waals surface area contributed by atoms with E-state index in [0.29, 0.717) is 6.04 Å². The molecule has 3 unspecified atom stereocenters. The van der Waals surface area contributed by atoms with E-state index >= 15 is 0 Å². The zero-order valence-electron chi connectivity index (χ0n) is 9.25. The van der Waals surface area contributed by atoms with Crippen LogP contribution in [0.1, 0.15) is 19.3 Å². The molecule has 2 aliphatic rings. The Hall–Kier alpha value is -0.800. The highest BCUT2D eigenvalue weighted by Gasteiger charge is 2.51. The van der Waals surface area contributed by atoms with Gasteiger partial charge in [-0.1, -0.05) is 0 Å². The number of rotatable bonds is 3. The topological polar surface area (TPSA) is 42.1 Å². The van der Waals surface area contributed by atoms with Crippen molar-refractivity contribution in [1.29, 1.82) is 0 Å². The Morgan fingerprint density at radius 1 is 1.44 bits per heavy atom. The summed E-state index contributed by atoms with van der Waals surface area (Å²) in [6.45, 7) is 0.793. The van der Waals surface area contributed by atoms with Crippen LogP contribution >= 0.6 is 12.4 Å². The number of pyridine rings is 1. The van der Waals surface area contributed by atoms with Crippen molar-refractivity contribution in [3.8, 4) is 0 Å². The molecular formula is C12H18ClN3. The Labute approximate surface area is 102 Å². The Bertz CT molecular complexity index is 343. The minimum Gasteiger partial charge on any atom is -0.364 e. The molecule has 16 heavy (non-hydrogen) atoms. The quantitative estimate of drug-likeness (QED) is 0.875. The Kier molecular flexibility index (Phi) is 3.36. The number of nitrogens with two attached hydrogens (primary N) is 1. The molecule has 1 aliphatic heterocycles. The molecule has 1 aliphatic carbocycles. The number of piperidine rings is 1. The maximum atomic E-state index is 5.67. The van der Waals surface area contributed by atoms with E-state index in [4.69, 9.17) is 5.73 Å². The van der Waals surface area contributed by atoms with Crippen LogP contribution in [0, 0.1) is 5.92 Å². The lowest BCUT2D eigenvalue weighted by Gasteiger charge is -2.29. The van der Waals surface area contributed by atoms with E-state index in [0.717, 1.165) is 24.9 Å². The summed E-state index contributed by atoms with van der Waals surface area (Å²) < 4.78 is 0. The molecule has 1 saturated carbocycles. The summed E-state index contributed by atoms with van der Waals surface area (Å²) in [5.41, 5.74) is 6.95. The fraction of sp³-hybridized carbons (Fsp3) is 0.583. The highest BCUT2D eigenvalue weighted by atomic mass is 35.5. The van der Waals surface area contributed by atoms with Gasteiger partial charge in [0.1, 0.15) is 0 Å². The first-order valence-electron chi connectivity index (χ1n) is 5.78. The summed E-state index contributed by atoms with van der Waals surface area (Å²) in [4.78, 5) is 6.75. The molecule has 88 valence electrons. The number of aromatic nitrogens is 1. The van der Waals surface area contributed by atoms with Gasteiger partial charge >= 0.3 is 0 Å². The van der Waals surface area contributed by atoms with E-state index in [9.17, 15) is 0 Å². The van der Waals surface area contributed by atoms with Crippen molar-refractivity contribution in [2.75, 3.05) is 11.4 Å². The van der Waals surface area contributed by atoms with Gasteiger partial charge in [-0.3, -0.25) is 4.98 Å². The van der Waals surface area contributed by atoms with E-state index in [1.165, 1.54) is 18.5 Å². The van der Waals surface area contributed by atoms with E-state index < -0.39 is 0 Å². The average molecular weight is 240 g/mol. The second kappa shape index (κ2) is 4.60. The lowest BCUT2D eigenvalue weighted by Crippen LogP contribution is -2.34. The van der Waals surface area contributed by atoms with Gasteiger partial charge in [0.25, 0.3) is 0 Å². The third kappa shape index (κ3) is 1.89. The fourth-order valence-corrected chi connectivity index (χ4v) is 2.92. The standard InChI is InChI=1S/C12H17N3.ClH/c13-4-3-10-6-9-7-12(9)15(10)11-2-1-5-14-8-11;/h1-2,5,8-10,12H,3-4,6-7,13H2;1H. The molecule has 0 bridgehead atoms. The Morgan fingerprint density at radius 3 is 3.00 bits per heavy atom. The van der Waals surface area contributed by atoms with Crippen molar-refractivity contribution in [2.24, 2.45) is 11.7 Å². The average Bonchev–Trinajstić information content (AvgIpc) is 2.92. The summed E-state index contributed by atoms with van der Waals surface area (Å²) in [5.74, 6) is 0.932. The zero-order valence-corrected chi connectivity index (χ0v) is 10.1. The molecule has 0 amide bonds. The smallest absolute Gasteiger partial charge is 0.0557 e. The molecule has 1 aromatic heterocycles. The van der Waals surface area contributed by atoms with Gasteiger partial charge in [-0.05, 0) is 43.9 Å². The maximum Gasteiger partial charge on any atom is 0.0557 e. The number of nitrogens with zero attached hydrogens (tertiary/aromatic N) is 2. The predicted octanol–water partition coefficient (Wildman–Crippen LogP) is 1.82. The van der Waals surface area contributed by atoms with Crippen LogP contribution in [-0.2, 0) is 0 Å². The zero-order chi connectivity index (χ0) is 10.3. The second-order valence-corrected chi connectivity index (χ2v) is 4.65. The van der Waals surface area contributed by atoms with Gasteiger partial charge < -0.3 is 10.6 Å². The van der Waals surface area contributed by atoms with Gasteiger partial charge in [0.05, 0.1) is 11.9 Å². The van der Waals surface area contributed by atoms with Crippen LogP contribution in [0.5, 0.6) is 0 Å². The van der Waals surface area contributed by atoms with Crippen LogP contribution in [-0.4, -0.2) is 23.6 Å².